The van der Waals surface area contributed by atoms with Crippen molar-refractivity contribution in [2.75, 3.05) is 22.9 Å². The summed E-state index contributed by atoms with van der Waals surface area (Å²) in [5.41, 5.74) is -0.515. The van der Waals surface area contributed by atoms with Crippen LogP contribution in [0.4, 0.5) is 39.0 Å². The number of hydrogen-bond donors (Lipinski definition) is 2. The lowest BCUT2D eigenvalue weighted by atomic mass is 10.0. The Labute approximate surface area is 238 Å². The first kappa shape index (κ1) is 30.3. The highest BCUT2D eigenvalue weighted by Crippen LogP contribution is 2.39. The van der Waals surface area contributed by atoms with Gasteiger partial charge in [-0.15, -0.1) is 13.2 Å². The summed E-state index contributed by atoms with van der Waals surface area (Å²) in [6, 6.07) is 12.1. The lowest BCUT2D eigenvalue weighted by molar-refractivity contribution is -0.274. The van der Waals surface area contributed by atoms with Crippen LogP contribution in [-0.2, 0) is 9.59 Å². The van der Waals surface area contributed by atoms with Gasteiger partial charge in [-0.1, -0.05) is 0 Å². The van der Waals surface area contributed by atoms with Crippen LogP contribution in [-0.4, -0.2) is 48.8 Å². The second kappa shape index (κ2) is 11.7. The molecule has 3 aromatic carbocycles. The highest BCUT2D eigenvalue weighted by molar-refractivity contribution is 6.05. The minimum absolute atomic E-state index is 0.110. The summed E-state index contributed by atoms with van der Waals surface area (Å²) < 4.78 is 69.6. The lowest BCUT2D eigenvalue weighted by Crippen LogP contribution is -2.60. The van der Waals surface area contributed by atoms with E-state index in [1.807, 2.05) is 0 Å². The smallest absolute Gasteiger partial charge is 0.406 e. The normalized spacial score (nSPS) is 15.5. The Morgan fingerprint density at radius 3 is 2.14 bits per heavy atom. The first-order valence-electron chi connectivity index (χ1n) is 12.8. The Kier molecular flexibility index (Phi) is 8.41. The molecule has 1 heterocycles. The molecule has 0 fully saturated rings. The van der Waals surface area contributed by atoms with Crippen molar-refractivity contribution in [1.29, 1.82) is 0 Å². The topological polar surface area (TPSA) is 91.0 Å². The summed E-state index contributed by atoms with van der Waals surface area (Å²) in [4.78, 5) is 42.6. The van der Waals surface area contributed by atoms with Crippen molar-refractivity contribution >= 4 is 34.8 Å². The Morgan fingerprint density at radius 1 is 0.929 bits per heavy atom. The predicted octanol–water partition coefficient (Wildman–Crippen LogP) is 5.06. The maximum absolute atomic E-state index is 14.3. The molecule has 0 aromatic heterocycles. The Morgan fingerprint density at radius 2 is 1.55 bits per heavy atom. The molecule has 0 saturated carbocycles. The molecule has 2 N–H and O–H groups in total. The van der Waals surface area contributed by atoms with Crippen LogP contribution in [0.1, 0.15) is 31.1 Å². The number of ether oxygens (including phenoxy) is 1. The molecule has 0 aliphatic carbocycles. The molecular formula is C29H27F5N4O4. The molecule has 8 nitrogen and oxygen atoms in total. The van der Waals surface area contributed by atoms with E-state index in [9.17, 15) is 36.3 Å². The van der Waals surface area contributed by atoms with Crippen LogP contribution >= 0.6 is 0 Å². The number of anilines is 3. The summed E-state index contributed by atoms with van der Waals surface area (Å²) >= 11 is 0. The zero-order valence-corrected chi connectivity index (χ0v) is 22.8. The van der Waals surface area contributed by atoms with Crippen LogP contribution in [0, 0.1) is 11.6 Å². The van der Waals surface area contributed by atoms with E-state index in [1.54, 1.807) is 11.8 Å². The molecule has 1 aliphatic rings. The summed E-state index contributed by atoms with van der Waals surface area (Å²) in [5.74, 6) is -3.57. The number of nitrogens with zero attached hydrogens (tertiary/aromatic N) is 2. The van der Waals surface area contributed by atoms with E-state index in [1.165, 1.54) is 55.1 Å². The number of alkyl halides is 3. The minimum atomic E-state index is -4.89. The third kappa shape index (κ3) is 6.78. The fourth-order valence-corrected chi connectivity index (χ4v) is 4.47. The maximum Gasteiger partial charge on any atom is 0.573 e. The van der Waals surface area contributed by atoms with Crippen LogP contribution in [0.15, 0.2) is 66.7 Å². The van der Waals surface area contributed by atoms with Crippen LogP contribution in [0.5, 0.6) is 5.75 Å². The Hall–Kier alpha value is -4.68. The number of benzene rings is 3. The van der Waals surface area contributed by atoms with Crippen molar-refractivity contribution in [3.05, 3.63) is 83.9 Å². The van der Waals surface area contributed by atoms with E-state index in [2.05, 4.69) is 15.4 Å². The lowest BCUT2D eigenvalue weighted by Gasteiger charge is -2.30. The van der Waals surface area contributed by atoms with Gasteiger partial charge in [0.25, 0.3) is 11.8 Å². The van der Waals surface area contributed by atoms with Gasteiger partial charge in [-0.25, -0.2) is 8.78 Å². The standard InChI is InChI=1S/C29H27F5N4O4/c1-4-37-24-15-19(31)9-14-23(24)38(20-10-12-21(13-11-20)42-29(32,33)34)16-22(26(37)40)35-27(41)28(2,3)36-25(39)17-5-7-18(30)8-6-17/h5-15,22H,4,16H2,1-3H3,(H,35,41)(H,36,39)/t22-/m1/s1. The number of carbonyl (C=O) groups excluding carboxylic acids is 3. The molecule has 3 amide bonds. The Bertz CT molecular complexity index is 1480. The first-order valence-corrected chi connectivity index (χ1v) is 12.8. The first-order chi connectivity index (χ1) is 19.7. The van der Waals surface area contributed by atoms with Gasteiger partial charge in [-0.2, -0.15) is 0 Å². The van der Waals surface area contributed by atoms with Crippen molar-refractivity contribution in [3.63, 3.8) is 0 Å². The third-order valence-corrected chi connectivity index (χ3v) is 6.55. The van der Waals surface area contributed by atoms with Crippen molar-refractivity contribution in [1.82, 2.24) is 10.6 Å². The fourth-order valence-electron chi connectivity index (χ4n) is 4.47. The van der Waals surface area contributed by atoms with Crippen LogP contribution in [0.2, 0.25) is 0 Å². The van der Waals surface area contributed by atoms with Gasteiger partial charge in [0.1, 0.15) is 29.0 Å². The molecule has 42 heavy (non-hydrogen) atoms. The molecule has 1 aliphatic heterocycles. The maximum atomic E-state index is 14.3. The van der Waals surface area contributed by atoms with E-state index in [-0.39, 0.29) is 24.3 Å². The van der Waals surface area contributed by atoms with Gasteiger partial charge in [-0.05, 0) is 87.5 Å². The van der Waals surface area contributed by atoms with Crippen LogP contribution < -0.4 is 25.2 Å². The van der Waals surface area contributed by atoms with Crippen LogP contribution in [0.25, 0.3) is 0 Å². The SMILES string of the molecule is CCN1C(=O)[C@H](NC(=O)C(C)(C)NC(=O)c2ccc(F)cc2)CN(c2ccc(OC(F)(F)F)cc2)c2ccc(F)cc21. The van der Waals surface area contributed by atoms with Gasteiger partial charge in [0, 0.05) is 17.8 Å². The molecule has 222 valence electrons. The van der Waals surface area contributed by atoms with E-state index >= 15 is 0 Å². The number of carbonyl (C=O) groups is 3. The highest BCUT2D eigenvalue weighted by Gasteiger charge is 2.39. The van der Waals surface area contributed by atoms with E-state index < -0.39 is 53.0 Å². The number of likely N-dealkylation sites (N-methyl/N-ethyl adjacent to an activating group) is 1. The van der Waals surface area contributed by atoms with Gasteiger partial charge in [0.05, 0.1) is 17.9 Å². The summed E-state index contributed by atoms with van der Waals surface area (Å²) in [5, 5.41) is 5.22. The van der Waals surface area contributed by atoms with Gasteiger partial charge < -0.3 is 25.2 Å². The zero-order valence-electron chi connectivity index (χ0n) is 22.8. The predicted molar refractivity (Wildman–Crippen MR) is 144 cm³/mol. The number of hydrogen-bond acceptors (Lipinski definition) is 5. The second-order valence-corrected chi connectivity index (χ2v) is 9.98. The molecule has 0 saturated heterocycles. The molecule has 1 atom stereocenters. The highest BCUT2D eigenvalue weighted by atomic mass is 19.4. The average Bonchev–Trinajstić information content (AvgIpc) is 3.02. The van der Waals surface area contributed by atoms with Gasteiger partial charge in [-0.3, -0.25) is 14.4 Å². The average molecular weight is 591 g/mol. The van der Waals surface area contributed by atoms with Gasteiger partial charge in [0.2, 0.25) is 5.91 Å². The van der Waals surface area contributed by atoms with Crippen molar-refractivity contribution in [2.45, 2.75) is 38.7 Å². The van der Waals surface area contributed by atoms with E-state index in [4.69, 9.17) is 0 Å². The minimum Gasteiger partial charge on any atom is -0.406 e. The number of nitrogens with one attached hydrogen (secondary N) is 2. The quantitative estimate of drug-likeness (QED) is 0.376. The van der Waals surface area contributed by atoms with Crippen molar-refractivity contribution < 1.29 is 41.1 Å². The molecule has 0 radical (unpaired) electrons. The largest absolute Gasteiger partial charge is 0.573 e. The number of fused-ring (bicyclic) bond motifs is 1. The monoisotopic (exact) mass is 590 g/mol. The molecule has 0 bridgehead atoms. The van der Waals surface area contributed by atoms with Crippen molar-refractivity contribution in [2.24, 2.45) is 0 Å². The number of halogens is 5. The zero-order chi connectivity index (χ0) is 30.8. The molecule has 4 rings (SSSR count). The number of rotatable bonds is 7. The molecule has 3 aromatic rings. The van der Waals surface area contributed by atoms with Gasteiger partial charge in [0.15, 0.2) is 0 Å². The van der Waals surface area contributed by atoms with E-state index in [0.29, 0.717) is 11.4 Å². The molecule has 0 unspecified atom stereocenters. The molecular weight excluding hydrogens is 563 g/mol. The third-order valence-electron chi connectivity index (χ3n) is 6.55. The molecule has 0 spiro atoms. The van der Waals surface area contributed by atoms with Crippen LogP contribution in [0.3, 0.4) is 0 Å². The summed E-state index contributed by atoms with van der Waals surface area (Å²) in [6.45, 7) is 4.44. The Balaban J connectivity index is 1.64. The van der Waals surface area contributed by atoms with Gasteiger partial charge >= 0.3 is 6.36 Å². The number of amides is 3. The summed E-state index contributed by atoms with van der Waals surface area (Å²) in [7, 11) is 0. The summed E-state index contributed by atoms with van der Waals surface area (Å²) in [6.07, 6.45) is -4.89. The second-order valence-electron chi connectivity index (χ2n) is 9.98. The van der Waals surface area contributed by atoms with Crippen molar-refractivity contribution in [3.8, 4) is 5.75 Å². The van der Waals surface area contributed by atoms with E-state index in [0.717, 1.165) is 30.3 Å². The fraction of sp³-hybridized carbons (Fsp3) is 0.276. The molecule has 13 heteroatoms.